The van der Waals surface area contributed by atoms with E-state index < -0.39 is 15.6 Å². The summed E-state index contributed by atoms with van der Waals surface area (Å²) in [5.74, 6) is 0.742. The number of ether oxygens (including phenoxy) is 1. The van der Waals surface area contributed by atoms with Crippen molar-refractivity contribution in [3.8, 4) is 17.0 Å². The molecule has 1 amide bonds. The molecule has 2 aromatic carbocycles. The summed E-state index contributed by atoms with van der Waals surface area (Å²) in [6.07, 6.45) is 4.95. The highest BCUT2D eigenvalue weighted by molar-refractivity contribution is 7.89. The van der Waals surface area contributed by atoms with E-state index >= 15 is 0 Å². The molecule has 1 aromatic heterocycles. The molecule has 0 unspecified atom stereocenters. The van der Waals surface area contributed by atoms with Crippen LogP contribution in [0.15, 0.2) is 59.6 Å². The quantitative estimate of drug-likeness (QED) is 0.619. The molecule has 3 aromatic rings. The number of hydrogen-bond donors (Lipinski definition) is 1. The van der Waals surface area contributed by atoms with Crippen LogP contribution in [0.5, 0.6) is 5.75 Å². The zero-order chi connectivity index (χ0) is 23.5. The molecule has 2 fully saturated rings. The third-order valence-electron chi connectivity index (χ3n) is 7.05. The standard InChI is InChI=1S/C25H26N4O4S.H2/c1-28-23-20-4-2-3-5-22(20)33-25(21(23)16-26-28)12-14-29(15-13-25)24(30)17-6-10-19(11-7-17)34(31,32)27-18-8-9-18;/h2-7,10-11,16,18,27H,8-9,12-15H2,1H3;1H. The van der Waals surface area contributed by atoms with E-state index in [1.807, 2.05) is 47.1 Å². The molecule has 3 heterocycles. The van der Waals surface area contributed by atoms with Crippen LogP contribution in [0.3, 0.4) is 0 Å². The molecule has 1 saturated heterocycles. The Bertz CT molecular complexity index is 1370. The number of likely N-dealkylation sites (tertiary alicyclic amines) is 1. The largest absolute Gasteiger partial charge is 0.482 e. The van der Waals surface area contributed by atoms with Crippen molar-refractivity contribution >= 4 is 15.9 Å². The fourth-order valence-electron chi connectivity index (χ4n) is 5.00. The Hall–Kier alpha value is -3.17. The number of aromatic nitrogens is 2. The molecular weight excluding hydrogens is 452 g/mol. The maximum absolute atomic E-state index is 13.2. The summed E-state index contributed by atoms with van der Waals surface area (Å²) in [6, 6.07) is 14.2. The van der Waals surface area contributed by atoms with Crippen LogP contribution in [0.4, 0.5) is 0 Å². The second kappa shape index (κ2) is 7.68. The Kier molecular flexibility index (Phi) is 4.82. The first-order valence-electron chi connectivity index (χ1n) is 11.6. The van der Waals surface area contributed by atoms with Crippen LogP contribution >= 0.6 is 0 Å². The highest BCUT2D eigenvalue weighted by Crippen LogP contribution is 2.49. The number of aryl methyl sites for hydroxylation is 1. The van der Waals surface area contributed by atoms with Gasteiger partial charge in [-0.2, -0.15) is 5.10 Å². The molecule has 2 aliphatic heterocycles. The minimum absolute atomic E-state index is 0. The predicted molar refractivity (Wildman–Crippen MR) is 128 cm³/mol. The minimum atomic E-state index is -3.53. The van der Waals surface area contributed by atoms with Crippen molar-refractivity contribution in [1.82, 2.24) is 19.4 Å². The number of nitrogens with zero attached hydrogens (tertiary/aromatic N) is 3. The van der Waals surface area contributed by atoms with Crippen LogP contribution in [0.25, 0.3) is 11.3 Å². The summed E-state index contributed by atoms with van der Waals surface area (Å²) in [5, 5.41) is 4.50. The lowest BCUT2D eigenvalue weighted by Gasteiger charge is -2.44. The summed E-state index contributed by atoms with van der Waals surface area (Å²) >= 11 is 0. The van der Waals surface area contributed by atoms with Gasteiger partial charge in [-0.3, -0.25) is 9.48 Å². The third kappa shape index (κ3) is 3.50. The SMILES string of the molecule is Cn1ncc2c1-c1ccccc1OC21CCN(C(=O)c2ccc(S(=O)(=O)NC3CC3)cc2)CC1.[HH]. The molecule has 0 atom stereocenters. The average molecular weight is 481 g/mol. The summed E-state index contributed by atoms with van der Waals surface area (Å²) < 4.78 is 35.9. The molecule has 0 radical (unpaired) electrons. The lowest BCUT2D eigenvalue weighted by Crippen LogP contribution is -2.49. The Labute approximate surface area is 200 Å². The fraction of sp³-hybridized carbons (Fsp3) is 0.360. The molecule has 178 valence electrons. The monoisotopic (exact) mass is 480 g/mol. The Morgan fingerprint density at radius 3 is 2.53 bits per heavy atom. The first-order valence-corrected chi connectivity index (χ1v) is 13.1. The molecule has 1 saturated carbocycles. The number of rotatable bonds is 4. The van der Waals surface area contributed by atoms with Gasteiger partial charge in [-0.1, -0.05) is 12.1 Å². The molecule has 1 N–H and O–H groups in total. The number of benzene rings is 2. The van der Waals surface area contributed by atoms with E-state index in [0.717, 1.165) is 35.4 Å². The van der Waals surface area contributed by atoms with E-state index in [1.54, 1.807) is 12.1 Å². The number of nitrogens with one attached hydrogen (secondary N) is 1. The molecule has 0 bridgehead atoms. The maximum Gasteiger partial charge on any atom is 0.253 e. The van der Waals surface area contributed by atoms with Crippen molar-refractivity contribution in [3.05, 3.63) is 65.9 Å². The van der Waals surface area contributed by atoms with Gasteiger partial charge in [0.15, 0.2) is 0 Å². The predicted octanol–water partition coefficient (Wildman–Crippen LogP) is 3.30. The Morgan fingerprint density at radius 2 is 1.82 bits per heavy atom. The summed E-state index contributed by atoms with van der Waals surface area (Å²) in [7, 11) is -1.59. The van der Waals surface area contributed by atoms with Crippen molar-refractivity contribution < 1.29 is 19.4 Å². The zero-order valence-electron chi connectivity index (χ0n) is 18.9. The van der Waals surface area contributed by atoms with Gasteiger partial charge in [-0.25, -0.2) is 13.1 Å². The second-order valence-corrected chi connectivity index (χ2v) is 11.0. The molecule has 3 aliphatic rings. The molecule has 9 heteroatoms. The van der Waals surface area contributed by atoms with Crippen LogP contribution in [-0.4, -0.2) is 48.1 Å². The van der Waals surface area contributed by atoms with Gasteiger partial charge < -0.3 is 9.64 Å². The maximum atomic E-state index is 13.2. The van der Waals surface area contributed by atoms with Gasteiger partial charge in [0.1, 0.15) is 11.4 Å². The number of para-hydroxylation sites is 1. The Balaban J connectivity index is 0.00000253. The fourth-order valence-corrected chi connectivity index (χ4v) is 6.30. The van der Waals surface area contributed by atoms with Gasteiger partial charge in [-0.05, 0) is 49.2 Å². The van der Waals surface area contributed by atoms with E-state index in [-0.39, 0.29) is 18.3 Å². The molecular formula is C25H28N4O4S. The molecule has 8 nitrogen and oxygen atoms in total. The normalized spacial score (nSPS) is 18.8. The van der Waals surface area contributed by atoms with E-state index in [2.05, 4.69) is 9.82 Å². The number of amides is 1. The highest BCUT2D eigenvalue weighted by atomic mass is 32.2. The van der Waals surface area contributed by atoms with Crippen LogP contribution in [0.2, 0.25) is 0 Å². The molecule has 1 spiro atoms. The first kappa shape index (κ1) is 21.4. The van der Waals surface area contributed by atoms with Crippen LogP contribution in [0, 0.1) is 0 Å². The van der Waals surface area contributed by atoms with Gasteiger partial charge in [0.05, 0.1) is 16.8 Å². The van der Waals surface area contributed by atoms with Crippen LogP contribution in [-0.2, 0) is 22.7 Å². The number of sulfonamides is 1. The first-order chi connectivity index (χ1) is 16.4. The van der Waals surface area contributed by atoms with E-state index in [9.17, 15) is 13.2 Å². The summed E-state index contributed by atoms with van der Waals surface area (Å²) in [6.45, 7) is 1.08. The number of carbonyl (C=O) groups excluding carboxylic acids is 1. The van der Waals surface area contributed by atoms with Gasteiger partial charge in [-0.15, -0.1) is 0 Å². The van der Waals surface area contributed by atoms with Crippen LogP contribution < -0.4 is 9.46 Å². The zero-order valence-corrected chi connectivity index (χ0v) is 19.7. The second-order valence-electron chi connectivity index (χ2n) is 9.34. The van der Waals surface area contributed by atoms with Crippen LogP contribution in [0.1, 0.15) is 43.0 Å². The lowest BCUT2D eigenvalue weighted by atomic mass is 9.81. The van der Waals surface area contributed by atoms with Crippen molar-refractivity contribution in [3.63, 3.8) is 0 Å². The lowest BCUT2D eigenvalue weighted by molar-refractivity contribution is -0.00172. The Morgan fingerprint density at radius 1 is 1.12 bits per heavy atom. The molecule has 1 aliphatic carbocycles. The minimum Gasteiger partial charge on any atom is -0.482 e. The van der Waals surface area contributed by atoms with Gasteiger partial charge in [0.25, 0.3) is 5.91 Å². The van der Waals surface area contributed by atoms with Crippen molar-refractivity contribution in [2.45, 2.75) is 42.2 Å². The van der Waals surface area contributed by atoms with E-state index in [1.165, 1.54) is 12.1 Å². The average Bonchev–Trinajstić information content (AvgIpc) is 3.56. The van der Waals surface area contributed by atoms with Crippen molar-refractivity contribution in [2.75, 3.05) is 13.1 Å². The molecule has 34 heavy (non-hydrogen) atoms. The number of carbonyl (C=O) groups is 1. The van der Waals surface area contributed by atoms with Crippen molar-refractivity contribution in [2.24, 2.45) is 7.05 Å². The number of fused-ring (bicyclic) bond motifs is 4. The van der Waals surface area contributed by atoms with E-state index in [4.69, 9.17) is 4.74 Å². The van der Waals surface area contributed by atoms with E-state index in [0.29, 0.717) is 31.5 Å². The third-order valence-corrected chi connectivity index (χ3v) is 8.58. The molecule has 6 rings (SSSR count). The number of piperidine rings is 1. The van der Waals surface area contributed by atoms with Gasteiger partial charge >= 0.3 is 0 Å². The van der Waals surface area contributed by atoms with Crippen molar-refractivity contribution in [1.29, 1.82) is 0 Å². The van der Waals surface area contributed by atoms with Gasteiger partial charge in [0, 0.05) is 57.1 Å². The highest BCUT2D eigenvalue weighted by Gasteiger charge is 2.45. The topological polar surface area (TPSA) is 93.5 Å². The van der Waals surface area contributed by atoms with Gasteiger partial charge in [0.2, 0.25) is 10.0 Å². The summed E-state index contributed by atoms with van der Waals surface area (Å²) in [4.78, 5) is 15.2. The smallest absolute Gasteiger partial charge is 0.253 e. The summed E-state index contributed by atoms with van der Waals surface area (Å²) in [5.41, 5.74) is 3.14. The number of hydrogen-bond acceptors (Lipinski definition) is 5.